The number of hydrogen-bond donors (Lipinski definition) is 1. The molecule has 0 aromatic heterocycles. The molecule has 1 aliphatic heterocycles. The van der Waals surface area contributed by atoms with Crippen LogP contribution in [0.4, 0.5) is 11.4 Å². The number of methoxy groups -OCH3 is 1. The Bertz CT molecular complexity index is 1410. The Balaban J connectivity index is 1.50. The summed E-state index contributed by atoms with van der Waals surface area (Å²) < 4.78 is 10.5. The minimum Gasteiger partial charge on any atom is -0.484 e. The third kappa shape index (κ3) is 5.90. The molecule has 1 aliphatic rings. The summed E-state index contributed by atoms with van der Waals surface area (Å²) in [5, 5.41) is 3.25. The van der Waals surface area contributed by atoms with Crippen LogP contribution in [0.2, 0.25) is 5.02 Å². The van der Waals surface area contributed by atoms with E-state index in [1.165, 1.54) is 12.0 Å². The topological polar surface area (TPSA) is 84.9 Å². The van der Waals surface area contributed by atoms with Crippen molar-refractivity contribution in [3.8, 4) is 5.75 Å². The van der Waals surface area contributed by atoms with Gasteiger partial charge >= 0.3 is 5.97 Å². The maximum atomic E-state index is 13.4. The van der Waals surface area contributed by atoms with Crippen LogP contribution in [0.5, 0.6) is 5.75 Å². The summed E-state index contributed by atoms with van der Waals surface area (Å²) in [5.74, 6) is -0.773. The molecule has 1 heterocycles. The number of carbonyl (C=O) groups excluding carboxylic acids is 3. The zero-order valence-electron chi connectivity index (χ0n) is 20.6. The summed E-state index contributed by atoms with van der Waals surface area (Å²) in [6.45, 7) is 3.50. The van der Waals surface area contributed by atoms with Crippen molar-refractivity contribution in [3.05, 3.63) is 106 Å². The molecule has 0 saturated heterocycles. The summed E-state index contributed by atoms with van der Waals surface area (Å²) in [4.78, 5) is 39.6. The second kappa shape index (κ2) is 11.1. The Morgan fingerprint density at radius 2 is 1.70 bits per heavy atom. The Morgan fingerprint density at radius 3 is 2.35 bits per heavy atom. The van der Waals surface area contributed by atoms with Crippen LogP contribution in [-0.2, 0) is 19.1 Å². The number of halogens is 1. The molecule has 0 aliphatic carbocycles. The van der Waals surface area contributed by atoms with Gasteiger partial charge in [-0.1, -0.05) is 47.5 Å². The van der Waals surface area contributed by atoms with Crippen LogP contribution in [0.1, 0.15) is 18.1 Å². The maximum absolute atomic E-state index is 13.4. The number of carbonyl (C=O) groups is 3. The monoisotopic (exact) mass is 516 g/mol. The lowest BCUT2D eigenvalue weighted by atomic mass is 10.0. The molecule has 0 radical (unpaired) electrons. The van der Waals surface area contributed by atoms with Gasteiger partial charge in [0, 0.05) is 16.4 Å². The molecule has 0 spiro atoms. The van der Waals surface area contributed by atoms with Gasteiger partial charge in [0.15, 0.2) is 6.61 Å². The SMILES string of the molecule is COC(=O)C1=C(C)N(c2cccc(Cl)c2)C(=O)/C1=C\c1ccc(OCC(=O)Nc2ccc(C)cc2)cc1. The van der Waals surface area contributed by atoms with E-state index in [0.717, 1.165) is 5.56 Å². The van der Waals surface area contributed by atoms with Crippen LogP contribution in [0, 0.1) is 6.92 Å². The molecule has 188 valence electrons. The van der Waals surface area contributed by atoms with Crippen molar-refractivity contribution >= 4 is 46.8 Å². The highest BCUT2D eigenvalue weighted by Crippen LogP contribution is 2.36. The van der Waals surface area contributed by atoms with E-state index in [1.807, 2.05) is 31.2 Å². The van der Waals surface area contributed by atoms with Crippen molar-refractivity contribution in [2.45, 2.75) is 13.8 Å². The average molecular weight is 517 g/mol. The van der Waals surface area contributed by atoms with Crippen LogP contribution in [0.25, 0.3) is 6.08 Å². The van der Waals surface area contributed by atoms with E-state index in [0.29, 0.717) is 33.4 Å². The van der Waals surface area contributed by atoms with Gasteiger partial charge in [0.2, 0.25) is 0 Å². The van der Waals surface area contributed by atoms with Crippen molar-refractivity contribution in [3.63, 3.8) is 0 Å². The third-order valence-corrected chi connectivity index (χ3v) is 5.99. The van der Waals surface area contributed by atoms with E-state index in [4.69, 9.17) is 21.1 Å². The molecule has 0 atom stereocenters. The molecule has 0 bridgehead atoms. The van der Waals surface area contributed by atoms with E-state index in [-0.39, 0.29) is 29.6 Å². The lowest BCUT2D eigenvalue weighted by molar-refractivity contribution is -0.136. The molecular formula is C29H25ClN2O5. The number of ether oxygens (including phenoxy) is 2. The van der Waals surface area contributed by atoms with Crippen molar-refractivity contribution < 1.29 is 23.9 Å². The van der Waals surface area contributed by atoms with Gasteiger partial charge in [0.05, 0.1) is 23.9 Å². The number of hydrogen-bond acceptors (Lipinski definition) is 5. The molecule has 7 nitrogen and oxygen atoms in total. The van der Waals surface area contributed by atoms with Gasteiger partial charge in [-0.2, -0.15) is 0 Å². The fourth-order valence-electron chi connectivity index (χ4n) is 3.92. The highest BCUT2D eigenvalue weighted by Gasteiger charge is 2.37. The van der Waals surface area contributed by atoms with Crippen molar-refractivity contribution in [2.75, 3.05) is 23.9 Å². The van der Waals surface area contributed by atoms with Gasteiger partial charge in [-0.15, -0.1) is 0 Å². The summed E-state index contributed by atoms with van der Waals surface area (Å²) in [6.07, 6.45) is 1.62. The molecule has 3 aromatic rings. The molecule has 0 fully saturated rings. The number of benzene rings is 3. The molecule has 1 N–H and O–H groups in total. The summed E-state index contributed by atoms with van der Waals surface area (Å²) in [5.41, 5.74) is 3.85. The number of allylic oxidation sites excluding steroid dienone is 1. The van der Waals surface area contributed by atoms with E-state index in [9.17, 15) is 14.4 Å². The lowest BCUT2D eigenvalue weighted by Crippen LogP contribution is -2.24. The first kappa shape index (κ1) is 25.7. The quantitative estimate of drug-likeness (QED) is 0.329. The second-order valence-electron chi connectivity index (χ2n) is 8.40. The van der Waals surface area contributed by atoms with Crippen LogP contribution in [-0.4, -0.2) is 31.5 Å². The molecule has 2 amide bonds. The van der Waals surface area contributed by atoms with Crippen molar-refractivity contribution in [2.24, 2.45) is 0 Å². The molecule has 4 rings (SSSR count). The zero-order chi connectivity index (χ0) is 26.5. The van der Waals surface area contributed by atoms with Gasteiger partial charge in [-0.3, -0.25) is 14.5 Å². The minimum atomic E-state index is -0.610. The highest BCUT2D eigenvalue weighted by atomic mass is 35.5. The molecule has 0 unspecified atom stereocenters. The fraction of sp³-hybridized carbons (Fsp3) is 0.138. The van der Waals surface area contributed by atoms with E-state index in [2.05, 4.69) is 5.32 Å². The number of nitrogens with zero attached hydrogens (tertiary/aromatic N) is 1. The smallest absolute Gasteiger partial charge is 0.340 e. The van der Waals surface area contributed by atoms with Gasteiger partial charge < -0.3 is 14.8 Å². The van der Waals surface area contributed by atoms with Gasteiger partial charge in [-0.05, 0) is 68.0 Å². The maximum Gasteiger partial charge on any atom is 0.340 e. The zero-order valence-corrected chi connectivity index (χ0v) is 21.3. The number of anilines is 2. The summed E-state index contributed by atoms with van der Waals surface area (Å²) in [7, 11) is 1.27. The van der Waals surface area contributed by atoms with Crippen molar-refractivity contribution in [1.29, 1.82) is 0 Å². The normalized spacial score (nSPS) is 14.2. The number of rotatable bonds is 7. The molecular weight excluding hydrogens is 492 g/mol. The number of esters is 1. The Kier molecular flexibility index (Phi) is 7.74. The van der Waals surface area contributed by atoms with Gasteiger partial charge in [-0.25, -0.2) is 4.79 Å². The molecule has 37 heavy (non-hydrogen) atoms. The molecule has 0 saturated carbocycles. The largest absolute Gasteiger partial charge is 0.484 e. The first-order chi connectivity index (χ1) is 17.8. The van der Waals surface area contributed by atoms with Crippen LogP contribution < -0.4 is 15.0 Å². The summed E-state index contributed by atoms with van der Waals surface area (Å²) in [6, 6.07) is 21.2. The molecule has 8 heteroatoms. The highest BCUT2D eigenvalue weighted by molar-refractivity contribution is 6.31. The Hall–Kier alpha value is -4.36. The number of aryl methyl sites for hydroxylation is 1. The first-order valence-electron chi connectivity index (χ1n) is 11.5. The van der Waals surface area contributed by atoms with Gasteiger partial charge in [0.1, 0.15) is 5.75 Å². The number of nitrogens with one attached hydrogen (secondary N) is 1. The minimum absolute atomic E-state index is 0.157. The Labute approximate surface area is 219 Å². The summed E-state index contributed by atoms with van der Waals surface area (Å²) >= 11 is 6.12. The van der Waals surface area contributed by atoms with Crippen LogP contribution >= 0.6 is 11.6 Å². The van der Waals surface area contributed by atoms with Crippen molar-refractivity contribution in [1.82, 2.24) is 0 Å². The van der Waals surface area contributed by atoms with E-state index in [1.54, 1.807) is 61.5 Å². The van der Waals surface area contributed by atoms with Gasteiger partial charge in [0.25, 0.3) is 11.8 Å². The molecule has 3 aromatic carbocycles. The second-order valence-corrected chi connectivity index (χ2v) is 8.84. The standard InChI is InChI=1S/C29H25ClN2O5/c1-18-7-11-22(12-8-18)31-26(33)17-37-24-13-9-20(10-14-24)15-25-27(29(35)36-3)19(2)32(28(25)34)23-6-4-5-21(30)16-23/h4-16H,17H2,1-3H3,(H,31,33)/b25-15-. The van der Waals surface area contributed by atoms with E-state index < -0.39 is 5.97 Å². The van der Waals surface area contributed by atoms with Crippen LogP contribution in [0.3, 0.4) is 0 Å². The predicted molar refractivity (Wildman–Crippen MR) is 143 cm³/mol. The third-order valence-electron chi connectivity index (χ3n) is 5.75. The first-order valence-corrected chi connectivity index (χ1v) is 11.9. The van der Waals surface area contributed by atoms with E-state index >= 15 is 0 Å². The van der Waals surface area contributed by atoms with Crippen LogP contribution in [0.15, 0.2) is 89.6 Å². The fourth-order valence-corrected chi connectivity index (χ4v) is 4.10. The predicted octanol–water partition coefficient (Wildman–Crippen LogP) is 5.54. The number of amides is 2. The average Bonchev–Trinajstić information content (AvgIpc) is 3.13. The Morgan fingerprint density at radius 1 is 1.00 bits per heavy atom. The lowest BCUT2D eigenvalue weighted by Gasteiger charge is -2.18.